The van der Waals surface area contributed by atoms with Crippen LogP contribution in [-0.4, -0.2) is 0 Å². The van der Waals surface area contributed by atoms with Gasteiger partial charge in [-0.25, -0.2) is 0 Å². The molecule has 0 aromatic heterocycles. The first-order chi connectivity index (χ1) is 24.8. The van der Waals surface area contributed by atoms with E-state index in [1.807, 2.05) is 0 Å². The summed E-state index contributed by atoms with van der Waals surface area (Å²) in [5, 5.41) is 3.85. The number of fused-ring (bicyclic) bond motifs is 10. The Kier molecular flexibility index (Phi) is 6.47. The van der Waals surface area contributed by atoms with Crippen molar-refractivity contribution in [2.45, 2.75) is 5.41 Å². The van der Waals surface area contributed by atoms with Crippen molar-refractivity contribution >= 4 is 11.4 Å². The molecule has 0 bridgehead atoms. The minimum Gasteiger partial charge on any atom is -0.355 e. The van der Waals surface area contributed by atoms with Crippen LogP contribution in [0.3, 0.4) is 0 Å². The lowest BCUT2D eigenvalue weighted by molar-refractivity contribution is 0.794. The Hall–Kier alpha value is -6.44. The van der Waals surface area contributed by atoms with Gasteiger partial charge in [0.15, 0.2) is 0 Å². The second-order valence-electron chi connectivity index (χ2n) is 13.3. The second kappa shape index (κ2) is 11.3. The fourth-order valence-corrected chi connectivity index (χ4v) is 8.54. The van der Waals surface area contributed by atoms with Crippen LogP contribution in [-0.2, 0) is 5.41 Å². The molecule has 10 rings (SSSR count). The number of nitrogens with one attached hydrogen (secondary N) is 1. The van der Waals surface area contributed by atoms with Gasteiger partial charge in [0.2, 0.25) is 0 Å². The molecular formula is C49H33N. The standard InChI is InChI=1S/C49H33N/c1-3-14-33(15-4-1)36-30-37(34-16-5-2-6-17-34)32-38(31-36)35-26-28-39(29-27-35)50-47-25-13-24-46-48(47)42-20-9-12-23-45(42)49(46)43-21-10-7-18-40(43)41-19-8-11-22-44(41)49/h1-32,50H. The Balaban J connectivity index is 1.06. The molecule has 234 valence electrons. The Labute approximate surface area is 293 Å². The van der Waals surface area contributed by atoms with E-state index in [0.717, 1.165) is 11.4 Å². The fraction of sp³-hybridized carbons (Fsp3) is 0.0204. The highest BCUT2D eigenvalue weighted by Gasteiger charge is 2.51. The molecule has 2 aliphatic carbocycles. The first-order valence-corrected chi connectivity index (χ1v) is 17.4. The summed E-state index contributed by atoms with van der Waals surface area (Å²) in [4.78, 5) is 0. The molecule has 0 saturated heterocycles. The third kappa shape index (κ3) is 4.27. The quantitative estimate of drug-likeness (QED) is 0.198. The number of rotatable bonds is 5. The van der Waals surface area contributed by atoms with E-state index < -0.39 is 0 Å². The van der Waals surface area contributed by atoms with Crippen molar-refractivity contribution in [2.24, 2.45) is 0 Å². The van der Waals surface area contributed by atoms with Gasteiger partial charge >= 0.3 is 0 Å². The van der Waals surface area contributed by atoms with Crippen molar-refractivity contribution in [3.05, 3.63) is 216 Å². The second-order valence-corrected chi connectivity index (χ2v) is 13.3. The number of hydrogen-bond acceptors (Lipinski definition) is 1. The zero-order valence-corrected chi connectivity index (χ0v) is 27.5. The van der Waals surface area contributed by atoms with Gasteiger partial charge in [0.1, 0.15) is 0 Å². The van der Waals surface area contributed by atoms with E-state index in [1.54, 1.807) is 0 Å². The predicted octanol–water partition coefficient (Wildman–Crippen LogP) is 12.8. The Bertz CT molecular complexity index is 2440. The smallest absolute Gasteiger partial charge is 0.0726 e. The molecule has 0 radical (unpaired) electrons. The lowest BCUT2D eigenvalue weighted by atomic mass is 9.70. The molecule has 1 spiro atoms. The lowest BCUT2D eigenvalue weighted by Gasteiger charge is -2.30. The van der Waals surface area contributed by atoms with Crippen LogP contribution < -0.4 is 5.32 Å². The van der Waals surface area contributed by atoms with Gasteiger partial charge in [-0.05, 0) is 109 Å². The Morgan fingerprint density at radius 1 is 0.300 bits per heavy atom. The molecule has 0 aliphatic heterocycles. The summed E-state index contributed by atoms with van der Waals surface area (Å²) in [6.07, 6.45) is 0. The number of anilines is 2. The van der Waals surface area contributed by atoms with Crippen molar-refractivity contribution in [2.75, 3.05) is 5.32 Å². The highest BCUT2D eigenvalue weighted by Crippen LogP contribution is 2.63. The van der Waals surface area contributed by atoms with Crippen molar-refractivity contribution in [1.82, 2.24) is 0 Å². The first-order valence-electron chi connectivity index (χ1n) is 17.4. The predicted molar refractivity (Wildman–Crippen MR) is 209 cm³/mol. The zero-order valence-electron chi connectivity index (χ0n) is 27.5. The van der Waals surface area contributed by atoms with Gasteiger partial charge in [0.25, 0.3) is 0 Å². The maximum absolute atomic E-state index is 3.85. The highest BCUT2D eigenvalue weighted by molar-refractivity contribution is 5.99. The molecule has 0 atom stereocenters. The molecule has 0 fully saturated rings. The summed E-state index contributed by atoms with van der Waals surface area (Å²) < 4.78 is 0. The van der Waals surface area contributed by atoms with E-state index in [2.05, 4.69) is 199 Å². The average Bonchev–Trinajstić information content (AvgIpc) is 3.67. The van der Waals surface area contributed by atoms with Crippen LogP contribution >= 0.6 is 0 Å². The van der Waals surface area contributed by atoms with E-state index in [4.69, 9.17) is 0 Å². The van der Waals surface area contributed by atoms with Gasteiger partial charge in [0, 0.05) is 16.9 Å². The summed E-state index contributed by atoms with van der Waals surface area (Å²) in [5.74, 6) is 0. The summed E-state index contributed by atoms with van der Waals surface area (Å²) in [7, 11) is 0. The Morgan fingerprint density at radius 2 is 0.720 bits per heavy atom. The van der Waals surface area contributed by atoms with Crippen LogP contribution in [0.25, 0.3) is 55.6 Å². The largest absolute Gasteiger partial charge is 0.355 e. The highest BCUT2D eigenvalue weighted by atomic mass is 14.9. The van der Waals surface area contributed by atoms with Crippen LogP contribution in [0.4, 0.5) is 11.4 Å². The molecule has 1 nitrogen and oxygen atoms in total. The van der Waals surface area contributed by atoms with Crippen LogP contribution in [0.2, 0.25) is 0 Å². The van der Waals surface area contributed by atoms with Crippen molar-refractivity contribution in [3.8, 4) is 55.6 Å². The average molecular weight is 636 g/mol. The number of benzene rings is 8. The van der Waals surface area contributed by atoms with Crippen LogP contribution in [0.1, 0.15) is 22.3 Å². The first kappa shape index (κ1) is 28.6. The molecule has 0 heterocycles. The van der Waals surface area contributed by atoms with E-state index in [1.165, 1.54) is 77.9 Å². The maximum atomic E-state index is 3.85. The SMILES string of the molecule is c1ccc(-c2cc(-c3ccccc3)cc(-c3ccc(Nc4cccc5c4-c4ccccc4C54c5ccccc5-c5ccccc54)cc3)c2)cc1. The molecule has 1 heteroatoms. The van der Waals surface area contributed by atoms with E-state index in [9.17, 15) is 0 Å². The zero-order chi connectivity index (χ0) is 33.1. The van der Waals surface area contributed by atoms with Crippen molar-refractivity contribution < 1.29 is 0 Å². The van der Waals surface area contributed by atoms with Gasteiger partial charge in [-0.2, -0.15) is 0 Å². The molecule has 2 aliphatic rings. The molecule has 0 amide bonds. The van der Waals surface area contributed by atoms with E-state index in [0.29, 0.717) is 0 Å². The maximum Gasteiger partial charge on any atom is 0.0726 e. The van der Waals surface area contributed by atoms with Crippen molar-refractivity contribution in [3.63, 3.8) is 0 Å². The summed E-state index contributed by atoms with van der Waals surface area (Å²) >= 11 is 0. The topological polar surface area (TPSA) is 12.0 Å². The third-order valence-corrected chi connectivity index (χ3v) is 10.7. The molecule has 0 unspecified atom stereocenters. The van der Waals surface area contributed by atoms with E-state index in [-0.39, 0.29) is 5.41 Å². The van der Waals surface area contributed by atoms with Gasteiger partial charge in [-0.15, -0.1) is 0 Å². The lowest BCUT2D eigenvalue weighted by Crippen LogP contribution is -2.25. The fourth-order valence-electron chi connectivity index (χ4n) is 8.54. The van der Waals surface area contributed by atoms with Gasteiger partial charge < -0.3 is 5.32 Å². The Morgan fingerprint density at radius 3 is 1.26 bits per heavy atom. The molecule has 8 aromatic rings. The van der Waals surface area contributed by atoms with Crippen LogP contribution in [0.15, 0.2) is 194 Å². The summed E-state index contributed by atoms with van der Waals surface area (Å²) in [6, 6.07) is 70.8. The van der Waals surface area contributed by atoms with E-state index >= 15 is 0 Å². The van der Waals surface area contributed by atoms with Gasteiger partial charge in [-0.1, -0.05) is 158 Å². The third-order valence-electron chi connectivity index (χ3n) is 10.7. The van der Waals surface area contributed by atoms with Crippen LogP contribution in [0.5, 0.6) is 0 Å². The summed E-state index contributed by atoms with van der Waals surface area (Å²) in [6.45, 7) is 0. The summed E-state index contributed by atoms with van der Waals surface area (Å²) in [5.41, 5.74) is 19.7. The van der Waals surface area contributed by atoms with Crippen molar-refractivity contribution in [1.29, 1.82) is 0 Å². The molecule has 0 saturated carbocycles. The van der Waals surface area contributed by atoms with Gasteiger partial charge in [-0.3, -0.25) is 0 Å². The minimum absolute atomic E-state index is 0.346. The normalized spacial score (nSPS) is 13.0. The van der Waals surface area contributed by atoms with Gasteiger partial charge in [0.05, 0.1) is 5.41 Å². The molecule has 8 aromatic carbocycles. The molecule has 1 N–H and O–H groups in total. The number of hydrogen-bond donors (Lipinski definition) is 1. The molecular weight excluding hydrogens is 603 g/mol. The monoisotopic (exact) mass is 635 g/mol. The van der Waals surface area contributed by atoms with Crippen LogP contribution in [0, 0.1) is 0 Å². The molecule has 50 heavy (non-hydrogen) atoms. The minimum atomic E-state index is -0.346.